The topological polar surface area (TPSA) is 52.6 Å². The van der Waals surface area contributed by atoms with Crippen LogP contribution in [0.1, 0.15) is 200 Å². The number of esters is 2. The van der Waals surface area contributed by atoms with Gasteiger partial charge in [-0.3, -0.25) is 9.59 Å². The van der Waals surface area contributed by atoms with Crippen molar-refractivity contribution in [2.45, 2.75) is 200 Å². The predicted molar refractivity (Wildman–Crippen MR) is 231 cm³/mol. The van der Waals surface area contributed by atoms with Crippen molar-refractivity contribution in [3.8, 4) is 0 Å². The molecule has 0 saturated heterocycles. The highest BCUT2D eigenvalue weighted by atomic mass is 16.5. The molecule has 0 N–H and O–H groups in total. The van der Waals surface area contributed by atoms with Crippen LogP contribution in [0.2, 0.25) is 0 Å². The molecular formula is C49H82O4. The molecule has 0 atom stereocenters. The van der Waals surface area contributed by atoms with E-state index in [1.807, 2.05) is 6.08 Å². The summed E-state index contributed by atoms with van der Waals surface area (Å²) in [6.45, 7) is 5.05. The number of unbranched alkanes of at least 4 members (excludes halogenated alkanes) is 17. The lowest BCUT2D eigenvalue weighted by Crippen LogP contribution is -2.10. The Morgan fingerprint density at radius 1 is 0.340 bits per heavy atom. The van der Waals surface area contributed by atoms with Gasteiger partial charge in [0, 0.05) is 19.3 Å². The van der Waals surface area contributed by atoms with Crippen LogP contribution in [-0.4, -0.2) is 25.2 Å². The summed E-state index contributed by atoms with van der Waals surface area (Å²) in [5, 5.41) is 0. The highest BCUT2D eigenvalue weighted by Gasteiger charge is 2.04. The summed E-state index contributed by atoms with van der Waals surface area (Å²) in [7, 11) is 0. The first-order valence-electron chi connectivity index (χ1n) is 22.1. The number of carbonyl (C=O) groups excluding carboxylic acids is 2. The fourth-order valence-electron chi connectivity index (χ4n) is 5.82. The minimum Gasteiger partial charge on any atom is -0.466 e. The molecule has 0 fully saturated rings. The van der Waals surface area contributed by atoms with Crippen LogP contribution in [-0.2, 0) is 19.1 Å². The molecule has 0 aromatic rings. The monoisotopic (exact) mass is 735 g/mol. The quantitative estimate of drug-likeness (QED) is 0.0358. The first kappa shape index (κ1) is 50.1. The summed E-state index contributed by atoms with van der Waals surface area (Å²) >= 11 is 0. The Morgan fingerprint density at radius 3 is 1.11 bits per heavy atom. The van der Waals surface area contributed by atoms with Crippen LogP contribution < -0.4 is 0 Å². The van der Waals surface area contributed by atoms with Crippen molar-refractivity contribution < 1.29 is 19.1 Å². The van der Waals surface area contributed by atoms with E-state index in [9.17, 15) is 9.59 Å². The second-order valence-corrected chi connectivity index (χ2v) is 14.2. The molecule has 0 aromatic heterocycles. The van der Waals surface area contributed by atoms with Crippen molar-refractivity contribution in [1.29, 1.82) is 0 Å². The van der Waals surface area contributed by atoms with Crippen molar-refractivity contribution in [1.82, 2.24) is 0 Å². The van der Waals surface area contributed by atoms with Gasteiger partial charge in [-0.1, -0.05) is 189 Å². The van der Waals surface area contributed by atoms with E-state index in [1.54, 1.807) is 0 Å². The van der Waals surface area contributed by atoms with Gasteiger partial charge < -0.3 is 9.47 Å². The lowest BCUT2D eigenvalue weighted by molar-refractivity contribution is -0.146. The minimum atomic E-state index is -0.201. The summed E-state index contributed by atoms with van der Waals surface area (Å²) in [4.78, 5) is 23.9. The molecule has 0 amide bonds. The van der Waals surface area contributed by atoms with E-state index in [2.05, 4.69) is 92.8 Å². The fourth-order valence-corrected chi connectivity index (χ4v) is 5.82. The number of hydrogen-bond acceptors (Lipinski definition) is 4. The van der Waals surface area contributed by atoms with E-state index in [0.717, 1.165) is 51.4 Å². The Kier molecular flexibility index (Phi) is 42.8. The number of rotatable bonds is 39. The SMILES string of the molecule is CCC=CCC=CCC=CCC=CCC=CC/C=C\CCC(=O)OCCCOC(=O)CCCCCCCCCCCCC/C=C\CCCCCCCC. The van der Waals surface area contributed by atoms with Gasteiger partial charge in [0.1, 0.15) is 0 Å². The first-order valence-corrected chi connectivity index (χ1v) is 22.1. The van der Waals surface area contributed by atoms with Crippen molar-refractivity contribution in [3.63, 3.8) is 0 Å². The van der Waals surface area contributed by atoms with Gasteiger partial charge in [0.2, 0.25) is 0 Å². The van der Waals surface area contributed by atoms with E-state index in [-0.39, 0.29) is 11.9 Å². The maximum atomic E-state index is 12.0. The third-order valence-electron chi connectivity index (χ3n) is 9.07. The zero-order valence-electron chi connectivity index (χ0n) is 34.6. The van der Waals surface area contributed by atoms with E-state index in [0.29, 0.717) is 38.9 Å². The molecular weight excluding hydrogens is 653 g/mol. The van der Waals surface area contributed by atoms with Gasteiger partial charge in [-0.15, -0.1) is 0 Å². The van der Waals surface area contributed by atoms with E-state index >= 15 is 0 Å². The standard InChI is InChI=1S/C49H82O4/c1-3-5-7-9-11-13-15-17-19-21-23-24-26-28-30-32-34-36-38-40-42-45-49(51)53-47-43-46-52-48(50)44-41-39-37-35-33-31-29-27-25-22-20-18-16-14-12-10-8-6-4-2/h6,8,12,14,17-20,25,27,31,33,37,39H,3-5,7,9-11,13,15-16,21-24,26,28-30,32,34-36,38,40-47H2,1-2H3/b8-6?,14-12?,19-17-,20-18?,27-25?,33-31?,39-37-. The second-order valence-electron chi connectivity index (χ2n) is 14.2. The van der Waals surface area contributed by atoms with Crippen LogP contribution in [0.3, 0.4) is 0 Å². The Morgan fingerprint density at radius 2 is 0.679 bits per heavy atom. The fraction of sp³-hybridized carbons (Fsp3) is 0.673. The summed E-state index contributed by atoms with van der Waals surface area (Å²) in [5.74, 6) is -0.338. The van der Waals surface area contributed by atoms with Crippen molar-refractivity contribution in [2.75, 3.05) is 13.2 Å². The molecule has 0 bridgehead atoms. The van der Waals surface area contributed by atoms with Crippen LogP contribution in [0.4, 0.5) is 0 Å². The van der Waals surface area contributed by atoms with Crippen LogP contribution in [0.25, 0.3) is 0 Å². The Labute approximate surface area is 328 Å². The van der Waals surface area contributed by atoms with Crippen molar-refractivity contribution >= 4 is 11.9 Å². The molecule has 4 nitrogen and oxygen atoms in total. The summed E-state index contributed by atoms with van der Waals surface area (Å²) in [6, 6.07) is 0. The molecule has 302 valence electrons. The molecule has 0 aliphatic heterocycles. The zero-order chi connectivity index (χ0) is 38.4. The van der Waals surface area contributed by atoms with Gasteiger partial charge in [-0.2, -0.15) is 0 Å². The van der Waals surface area contributed by atoms with E-state index in [1.165, 1.54) is 109 Å². The molecule has 0 aromatic carbocycles. The van der Waals surface area contributed by atoms with Gasteiger partial charge in [0.15, 0.2) is 0 Å². The average molecular weight is 735 g/mol. The highest BCUT2D eigenvalue weighted by molar-refractivity contribution is 5.69. The summed E-state index contributed by atoms with van der Waals surface area (Å²) in [5.41, 5.74) is 0. The van der Waals surface area contributed by atoms with E-state index in [4.69, 9.17) is 9.47 Å². The maximum absolute atomic E-state index is 12.0. The van der Waals surface area contributed by atoms with Gasteiger partial charge in [0.05, 0.1) is 13.2 Å². The largest absolute Gasteiger partial charge is 0.466 e. The second kappa shape index (κ2) is 45.3. The van der Waals surface area contributed by atoms with Crippen molar-refractivity contribution in [2.24, 2.45) is 0 Å². The average Bonchev–Trinajstić information content (AvgIpc) is 3.16. The lowest BCUT2D eigenvalue weighted by atomic mass is 10.0. The summed E-state index contributed by atoms with van der Waals surface area (Å²) < 4.78 is 10.6. The highest BCUT2D eigenvalue weighted by Crippen LogP contribution is 2.13. The number of carbonyl (C=O) groups is 2. The Bertz CT molecular complexity index is 996. The Balaban J connectivity index is 3.44. The molecule has 0 rings (SSSR count). The third-order valence-corrected chi connectivity index (χ3v) is 9.07. The lowest BCUT2D eigenvalue weighted by Gasteiger charge is -2.06. The molecule has 0 heterocycles. The van der Waals surface area contributed by atoms with Gasteiger partial charge in [-0.05, 0) is 77.0 Å². The molecule has 0 unspecified atom stereocenters. The van der Waals surface area contributed by atoms with Crippen LogP contribution in [0.5, 0.6) is 0 Å². The number of ether oxygens (including phenoxy) is 2. The smallest absolute Gasteiger partial charge is 0.306 e. The zero-order valence-corrected chi connectivity index (χ0v) is 34.6. The van der Waals surface area contributed by atoms with Gasteiger partial charge >= 0.3 is 11.9 Å². The molecule has 0 aliphatic rings. The van der Waals surface area contributed by atoms with Gasteiger partial charge in [-0.25, -0.2) is 0 Å². The predicted octanol–water partition coefficient (Wildman–Crippen LogP) is 15.3. The van der Waals surface area contributed by atoms with Crippen LogP contribution in [0.15, 0.2) is 85.1 Å². The van der Waals surface area contributed by atoms with Gasteiger partial charge in [0.25, 0.3) is 0 Å². The normalized spacial score (nSPS) is 12.4. The molecule has 0 saturated carbocycles. The molecule has 0 radical (unpaired) electrons. The Hall–Kier alpha value is -2.88. The van der Waals surface area contributed by atoms with Crippen LogP contribution >= 0.6 is 0 Å². The van der Waals surface area contributed by atoms with Crippen molar-refractivity contribution in [3.05, 3.63) is 85.1 Å². The molecule has 0 spiro atoms. The van der Waals surface area contributed by atoms with Crippen LogP contribution in [0, 0.1) is 0 Å². The molecule has 53 heavy (non-hydrogen) atoms. The maximum Gasteiger partial charge on any atom is 0.306 e. The molecule has 0 aliphatic carbocycles. The summed E-state index contributed by atoms with van der Waals surface area (Å²) in [6.07, 6.45) is 63.6. The minimum absolute atomic E-state index is 0.137. The van der Waals surface area contributed by atoms with E-state index < -0.39 is 0 Å². The first-order chi connectivity index (χ1) is 26.2. The number of hydrogen-bond donors (Lipinski definition) is 0. The third kappa shape index (κ3) is 45.2. The number of allylic oxidation sites excluding steroid dienone is 14. The molecule has 4 heteroatoms.